The number of nitrogens with one attached hydrogen (secondary N) is 1. The van der Waals surface area contributed by atoms with Gasteiger partial charge in [-0.1, -0.05) is 6.92 Å². The van der Waals surface area contributed by atoms with E-state index in [1.165, 1.54) is 12.8 Å². The van der Waals surface area contributed by atoms with Crippen molar-refractivity contribution in [3.63, 3.8) is 0 Å². The van der Waals surface area contributed by atoms with Gasteiger partial charge in [-0.05, 0) is 38.1 Å². The third kappa shape index (κ3) is 2.51. The average molecular weight is 247 g/mol. The van der Waals surface area contributed by atoms with Gasteiger partial charge in [0, 0.05) is 19.6 Å². The second kappa shape index (κ2) is 4.92. The molecule has 1 saturated heterocycles. The number of amides is 1. The fraction of sp³-hybridized carbons (Fsp3) is 0.917. The molecule has 1 amide bonds. The highest BCUT2D eigenvalue weighted by molar-refractivity contribution is 5.85. The second-order valence-corrected chi connectivity index (χ2v) is 5.47. The molecule has 0 bridgehead atoms. The summed E-state index contributed by atoms with van der Waals surface area (Å²) in [7, 11) is 1.97. The highest BCUT2D eigenvalue weighted by Crippen LogP contribution is 2.49. The Hall–Kier alpha value is -0.280. The molecule has 2 fully saturated rings. The second-order valence-electron chi connectivity index (χ2n) is 5.47. The summed E-state index contributed by atoms with van der Waals surface area (Å²) in [6.45, 7) is 6.34. The van der Waals surface area contributed by atoms with Gasteiger partial charge in [0.15, 0.2) is 0 Å². The van der Waals surface area contributed by atoms with Crippen molar-refractivity contribution in [3.05, 3.63) is 0 Å². The first-order valence-electron chi connectivity index (χ1n) is 6.02. The van der Waals surface area contributed by atoms with Gasteiger partial charge in [-0.15, -0.1) is 12.4 Å². The van der Waals surface area contributed by atoms with E-state index < -0.39 is 0 Å². The molecule has 2 atom stereocenters. The molecule has 3 nitrogen and oxygen atoms in total. The van der Waals surface area contributed by atoms with Crippen LogP contribution in [0.25, 0.3) is 0 Å². The van der Waals surface area contributed by atoms with Crippen LogP contribution in [0.3, 0.4) is 0 Å². The third-order valence-electron chi connectivity index (χ3n) is 4.39. The summed E-state index contributed by atoms with van der Waals surface area (Å²) in [6, 6.07) is 0.394. The first-order valence-corrected chi connectivity index (χ1v) is 6.02. The van der Waals surface area contributed by atoms with E-state index in [0.717, 1.165) is 19.5 Å². The summed E-state index contributed by atoms with van der Waals surface area (Å²) in [5, 5.41) is 3.25. The normalized spacial score (nSPS) is 28.1. The summed E-state index contributed by atoms with van der Waals surface area (Å²) < 4.78 is 0. The number of carbonyl (C=O) groups is 1. The van der Waals surface area contributed by atoms with E-state index in [1.54, 1.807) is 0 Å². The van der Waals surface area contributed by atoms with Gasteiger partial charge in [0.25, 0.3) is 0 Å². The Morgan fingerprint density at radius 1 is 1.50 bits per heavy atom. The van der Waals surface area contributed by atoms with Crippen molar-refractivity contribution in [3.8, 4) is 0 Å². The molecule has 1 heterocycles. The molecule has 16 heavy (non-hydrogen) atoms. The Labute approximate surface area is 104 Å². The highest BCUT2D eigenvalue weighted by Gasteiger charge is 2.45. The summed E-state index contributed by atoms with van der Waals surface area (Å²) in [6.07, 6.45) is 3.55. The van der Waals surface area contributed by atoms with Crippen LogP contribution in [0.4, 0.5) is 0 Å². The Kier molecular flexibility index (Phi) is 4.24. The van der Waals surface area contributed by atoms with E-state index >= 15 is 0 Å². The smallest absolute Gasteiger partial charge is 0.227 e. The van der Waals surface area contributed by atoms with Crippen molar-refractivity contribution in [2.45, 2.75) is 39.2 Å². The lowest BCUT2D eigenvalue weighted by atomic mass is 9.97. The molecule has 4 heteroatoms. The standard InChI is InChI=1S/C12H22N2O.ClH/c1-9(12(2)5-6-12)14(3)11(15)10-4-7-13-8-10;/h9-10,13H,4-8H2,1-3H3;1H. The van der Waals surface area contributed by atoms with Gasteiger partial charge in [0.1, 0.15) is 0 Å². The minimum absolute atomic E-state index is 0. The van der Waals surface area contributed by atoms with Crippen molar-refractivity contribution in [1.29, 1.82) is 0 Å². The van der Waals surface area contributed by atoms with Gasteiger partial charge in [-0.25, -0.2) is 0 Å². The van der Waals surface area contributed by atoms with Crippen LogP contribution in [0.2, 0.25) is 0 Å². The molecule has 0 radical (unpaired) electrons. The van der Waals surface area contributed by atoms with Crippen LogP contribution in [-0.4, -0.2) is 37.0 Å². The lowest BCUT2D eigenvalue weighted by molar-refractivity contribution is -0.136. The molecule has 0 aromatic heterocycles. The van der Waals surface area contributed by atoms with E-state index in [0.29, 0.717) is 17.4 Å². The minimum atomic E-state index is 0. The van der Waals surface area contributed by atoms with Crippen molar-refractivity contribution in [2.24, 2.45) is 11.3 Å². The summed E-state index contributed by atoms with van der Waals surface area (Å²) >= 11 is 0. The molecular formula is C12H23ClN2O. The van der Waals surface area contributed by atoms with E-state index in [9.17, 15) is 4.79 Å². The first-order chi connectivity index (χ1) is 7.04. The molecule has 1 N–H and O–H groups in total. The number of nitrogens with zero attached hydrogens (tertiary/aromatic N) is 1. The van der Waals surface area contributed by atoms with E-state index in [-0.39, 0.29) is 18.3 Å². The summed E-state index contributed by atoms with van der Waals surface area (Å²) in [5.41, 5.74) is 0.399. The Balaban J connectivity index is 0.00000128. The lowest BCUT2D eigenvalue weighted by Gasteiger charge is -2.31. The average Bonchev–Trinajstić information content (AvgIpc) is 2.80. The van der Waals surface area contributed by atoms with Gasteiger partial charge in [-0.3, -0.25) is 4.79 Å². The SMILES string of the molecule is CC(N(C)C(=O)C1CCNC1)C1(C)CC1.Cl. The molecule has 0 spiro atoms. The zero-order valence-electron chi connectivity index (χ0n) is 10.5. The fourth-order valence-corrected chi connectivity index (χ4v) is 2.43. The van der Waals surface area contributed by atoms with E-state index in [2.05, 4.69) is 19.2 Å². The van der Waals surface area contributed by atoms with E-state index in [1.807, 2.05) is 11.9 Å². The van der Waals surface area contributed by atoms with Crippen LogP contribution in [0.15, 0.2) is 0 Å². The molecule has 1 saturated carbocycles. The number of halogens is 1. The number of hydrogen-bond acceptors (Lipinski definition) is 2. The van der Waals surface area contributed by atoms with Gasteiger partial charge < -0.3 is 10.2 Å². The summed E-state index contributed by atoms with van der Waals surface area (Å²) in [4.78, 5) is 14.1. The van der Waals surface area contributed by atoms with Crippen LogP contribution in [0, 0.1) is 11.3 Å². The first kappa shape index (κ1) is 13.8. The Bertz CT molecular complexity index is 260. The largest absolute Gasteiger partial charge is 0.342 e. The molecule has 1 aliphatic heterocycles. The molecule has 94 valence electrons. The molecule has 2 aliphatic rings. The predicted molar refractivity (Wildman–Crippen MR) is 67.8 cm³/mol. The van der Waals surface area contributed by atoms with Crippen LogP contribution in [-0.2, 0) is 4.79 Å². The predicted octanol–water partition coefficient (Wildman–Crippen LogP) is 1.66. The van der Waals surface area contributed by atoms with Crippen molar-refractivity contribution in [1.82, 2.24) is 10.2 Å². The molecule has 0 aromatic carbocycles. The van der Waals surface area contributed by atoms with Crippen molar-refractivity contribution >= 4 is 18.3 Å². The van der Waals surface area contributed by atoms with Gasteiger partial charge in [0.05, 0.1) is 5.92 Å². The van der Waals surface area contributed by atoms with Crippen molar-refractivity contribution in [2.75, 3.05) is 20.1 Å². The molecular weight excluding hydrogens is 224 g/mol. The number of carbonyl (C=O) groups excluding carboxylic acids is 1. The maximum absolute atomic E-state index is 12.1. The molecule has 2 unspecified atom stereocenters. The van der Waals surface area contributed by atoms with E-state index in [4.69, 9.17) is 0 Å². The van der Waals surface area contributed by atoms with Crippen LogP contribution in [0.5, 0.6) is 0 Å². The minimum Gasteiger partial charge on any atom is -0.342 e. The number of hydrogen-bond donors (Lipinski definition) is 1. The molecule has 0 aromatic rings. The van der Waals surface area contributed by atoms with Gasteiger partial charge in [0.2, 0.25) is 5.91 Å². The van der Waals surface area contributed by atoms with Crippen molar-refractivity contribution < 1.29 is 4.79 Å². The maximum atomic E-state index is 12.1. The monoisotopic (exact) mass is 246 g/mol. The van der Waals surface area contributed by atoms with Crippen LogP contribution < -0.4 is 5.32 Å². The lowest BCUT2D eigenvalue weighted by Crippen LogP contribution is -2.43. The van der Waals surface area contributed by atoms with Crippen LogP contribution >= 0.6 is 12.4 Å². The van der Waals surface area contributed by atoms with Gasteiger partial charge >= 0.3 is 0 Å². The number of rotatable bonds is 3. The molecule has 2 rings (SSSR count). The van der Waals surface area contributed by atoms with Gasteiger partial charge in [-0.2, -0.15) is 0 Å². The Morgan fingerprint density at radius 3 is 2.56 bits per heavy atom. The topological polar surface area (TPSA) is 32.3 Å². The third-order valence-corrected chi connectivity index (χ3v) is 4.39. The maximum Gasteiger partial charge on any atom is 0.227 e. The fourth-order valence-electron chi connectivity index (χ4n) is 2.43. The highest BCUT2D eigenvalue weighted by atomic mass is 35.5. The zero-order chi connectivity index (χ0) is 11.1. The zero-order valence-corrected chi connectivity index (χ0v) is 11.3. The molecule has 1 aliphatic carbocycles. The van der Waals surface area contributed by atoms with Crippen LogP contribution in [0.1, 0.15) is 33.1 Å². The quantitative estimate of drug-likeness (QED) is 0.822. The Morgan fingerprint density at radius 2 is 2.12 bits per heavy atom. The summed E-state index contributed by atoms with van der Waals surface area (Å²) in [5.74, 6) is 0.556.